The number of amides is 2. The van der Waals surface area contributed by atoms with E-state index in [9.17, 15) is 27.6 Å². The van der Waals surface area contributed by atoms with Gasteiger partial charge in [-0.05, 0) is 42.0 Å². The predicted molar refractivity (Wildman–Crippen MR) is 134 cm³/mol. The lowest BCUT2D eigenvalue weighted by molar-refractivity contribution is -0.150. The fraction of sp³-hybridized carbons (Fsp3) is 0.346. The quantitative estimate of drug-likeness (QED) is 0.395. The lowest BCUT2D eigenvalue weighted by Gasteiger charge is -2.38. The molecule has 39 heavy (non-hydrogen) atoms. The van der Waals surface area contributed by atoms with Crippen LogP contribution in [0.5, 0.6) is 11.5 Å². The van der Waals surface area contributed by atoms with E-state index in [-0.39, 0.29) is 30.1 Å². The largest absolute Gasteiger partial charge is 0.486 e. The van der Waals surface area contributed by atoms with Gasteiger partial charge in [0.15, 0.2) is 17.5 Å². The summed E-state index contributed by atoms with van der Waals surface area (Å²) in [7, 11) is 2.33. The summed E-state index contributed by atoms with van der Waals surface area (Å²) in [6, 6.07) is 7.67. The zero-order valence-corrected chi connectivity index (χ0v) is 21.8. The van der Waals surface area contributed by atoms with E-state index in [2.05, 4.69) is 4.74 Å². The molecule has 2 amide bonds. The number of carbonyl (C=O) groups excluding carboxylic acids is 3. The average Bonchev–Trinajstić information content (AvgIpc) is 2.94. The molecule has 0 aliphatic carbocycles. The van der Waals surface area contributed by atoms with Crippen molar-refractivity contribution in [1.29, 1.82) is 0 Å². The van der Waals surface area contributed by atoms with Crippen LogP contribution in [-0.2, 0) is 25.2 Å². The summed E-state index contributed by atoms with van der Waals surface area (Å²) in [6.07, 6.45) is -2.97. The van der Waals surface area contributed by atoms with Crippen molar-refractivity contribution in [3.05, 3.63) is 53.6 Å². The topological polar surface area (TPSA) is 94.6 Å². The van der Waals surface area contributed by atoms with E-state index in [4.69, 9.17) is 14.2 Å². The summed E-state index contributed by atoms with van der Waals surface area (Å²) in [6.45, 7) is 0.744. The number of esters is 1. The number of benzene rings is 2. The Labute approximate surface area is 226 Å². The van der Waals surface area contributed by atoms with Crippen molar-refractivity contribution in [2.75, 3.05) is 47.1 Å². The van der Waals surface area contributed by atoms with Gasteiger partial charge in [-0.3, -0.25) is 9.69 Å². The first-order chi connectivity index (χ1) is 18.6. The molecule has 1 unspecified atom stereocenters. The van der Waals surface area contributed by atoms with E-state index in [1.54, 1.807) is 18.2 Å². The molecule has 208 valence electrons. The highest BCUT2D eigenvalue weighted by atomic mass is 32.2. The molecule has 2 aliphatic rings. The molecular weight excluding hydrogens is 541 g/mol. The van der Waals surface area contributed by atoms with Crippen molar-refractivity contribution >= 4 is 35.8 Å². The normalized spacial score (nSPS) is 17.2. The fourth-order valence-electron chi connectivity index (χ4n) is 4.11. The second kappa shape index (κ2) is 11.9. The molecule has 0 saturated carbocycles. The number of piperazine rings is 1. The van der Waals surface area contributed by atoms with E-state index >= 15 is 0 Å². The smallest absolute Gasteiger partial charge is 0.417 e. The third-order valence-corrected chi connectivity index (χ3v) is 7.11. The van der Waals surface area contributed by atoms with Gasteiger partial charge in [0.1, 0.15) is 13.2 Å². The minimum Gasteiger partial charge on any atom is -0.486 e. The van der Waals surface area contributed by atoms with Crippen molar-refractivity contribution in [3.63, 3.8) is 0 Å². The molecule has 9 nitrogen and oxygen atoms in total. The lowest BCUT2D eigenvalue weighted by Crippen LogP contribution is -2.59. The van der Waals surface area contributed by atoms with E-state index in [0.717, 1.165) is 35.9 Å². The van der Waals surface area contributed by atoms with Crippen LogP contribution < -0.4 is 9.47 Å². The van der Waals surface area contributed by atoms with Crippen LogP contribution in [0.1, 0.15) is 11.1 Å². The second-order valence-electron chi connectivity index (χ2n) is 8.48. The Balaban J connectivity index is 1.50. The molecule has 0 radical (unpaired) electrons. The van der Waals surface area contributed by atoms with Crippen LogP contribution in [0.25, 0.3) is 6.08 Å². The second-order valence-corrected chi connectivity index (χ2v) is 9.60. The van der Waals surface area contributed by atoms with Gasteiger partial charge in [-0.25, -0.2) is 9.59 Å². The van der Waals surface area contributed by atoms with Gasteiger partial charge in [-0.2, -0.15) is 13.2 Å². The molecular formula is C26H25F3N2O7S. The molecule has 0 spiro atoms. The van der Waals surface area contributed by atoms with E-state index in [1.165, 1.54) is 30.2 Å². The SMILES string of the molecule is COC(=O)C1CN(C(=O)C=Cc2ccc(Sc3ccc4c(c3)OCCO4)c(C(F)(F)F)c2)CCN1C(=O)OC. The van der Waals surface area contributed by atoms with E-state index in [1.807, 2.05) is 0 Å². The highest BCUT2D eigenvalue weighted by Gasteiger charge is 2.38. The van der Waals surface area contributed by atoms with Crippen LogP contribution in [0.2, 0.25) is 0 Å². The standard InChI is InChI=1S/C26H25F3N2O7S/c1-35-24(33)19-15-30(9-10-31(19)25(34)36-2)23(32)8-4-16-3-7-22(18(13-16)26(27,28)29)39-17-5-6-20-21(14-17)38-12-11-37-20/h3-8,13-14,19H,9-12,15H2,1-2H3. The Bertz CT molecular complexity index is 1280. The third kappa shape index (κ3) is 6.59. The highest BCUT2D eigenvalue weighted by Crippen LogP contribution is 2.42. The van der Waals surface area contributed by atoms with Crippen molar-refractivity contribution in [2.45, 2.75) is 22.0 Å². The number of halogens is 3. The average molecular weight is 567 g/mol. The van der Waals surface area contributed by atoms with Gasteiger partial charge in [-0.1, -0.05) is 17.8 Å². The molecule has 2 aromatic carbocycles. The third-order valence-electron chi connectivity index (χ3n) is 6.04. The number of carbonyl (C=O) groups is 3. The molecule has 0 bridgehead atoms. The number of rotatable bonds is 5. The van der Waals surface area contributed by atoms with Gasteiger partial charge in [-0.15, -0.1) is 0 Å². The van der Waals surface area contributed by atoms with Crippen LogP contribution in [0.4, 0.5) is 18.0 Å². The van der Waals surface area contributed by atoms with E-state index < -0.39 is 35.8 Å². The summed E-state index contributed by atoms with van der Waals surface area (Å²) in [5, 5.41) is 0. The fourth-order valence-corrected chi connectivity index (χ4v) is 5.08. The van der Waals surface area contributed by atoms with Crippen LogP contribution >= 0.6 is 11.8 Å². The molecule has 2 heterocycles. The Hall–Kier alpha value is -3.87. The van der Waals surface area contributed by atoms with Crippen LogP contribution in [0.15, 0.2) is 52.3 Å². The highest BCUT2D eigenvalue weighted by molar-refractivity contribution is 7.99. The summed E-state index contributed by atoms with van der Waals surface area (Å²) >= 11 is 0.938. The first-order valence-corrected chi connectivity index (χ1v) is 12.6. The van der Waals surface area contributed by atoms with Gasteiger partial charge in [0.25, 0.3) is 0 Å². The first-order valence-electron chi connectivity index (χ1n) is 11.8. The Morgan fingerprint density at radius 3 is 2.44 bits per heavy atom. The first kappa shape index (κ1) is 28.1. The summed E-state index contributed by atoms with van der Waals surface area (Å²) in [4.78, 5) is 39.9. The lowest BCUT2D eigenvalue weighted by atomic mass is 10.1. The van der Waals surface area contributed by atoms with Gasteiger partial charge < -0.3 is 23.8 Å². The number of hydrogen-bond acceptors (Lipinski definition) is 8. The molecule has 0 N–H and O–H groups in total. The van der Waals surface area contributed by atoms with Gasteiger partial charge in [0.05, 0.1) is 26.3 Å². The molecule has 0 aromatic heterocycles. The summed E-state index contributed by atoms with van der Waals surface area (Å²) < 4.78 is 62.2. The van der Waals surface area contributed by atoms with Gasteiger partial charge in [0, 0.05) is 29.0 Å². The van der Waals surface area contributed by atoms with Crippen molar-refractivity contribution in [1.82, 2.24) is 9.80 Å². The van der Waals surface area contributed by atoms with Crippen molar-refractivity contribution < 1.29 is 46.5 Å². The number of hydrogen-bond donors (Lipinski definition) is 0. The van der Waals surface area contributed by atoms with Crippen LogP contribution in [-0.4, -0.2) is 80.9 Å². The van der Waals surface area contributed by atoms with E-state index in [0.29, 0.717) is 29.6 Å². The molecule has 1 fully saturated rings. The van der Waals surface area contributed by atoms with Crippen LogP contribution in [0.3, 0.4) is 0 Å². The molecule has 1 atom stereocenters. The monoisotopic (exact) mass is 566 g/mol. The molecule has 2 aliphatic heterocycles. The Kier molecular flexibility index (Phi) is 8.58. The zero-order valence-electron chi connectivity index (χ0n) is 21.0. The number of fused-ring (bicyclic) bond motifs is 1. The summed E-state index contributed by atoms with van der Waals surface area (Å²) in [5.74, 6) is -0.240. The van der Waals surface area contributed by atoms with Crippen molar-refractivity contribution in [2.24, 2.45) is 0 Å². The molecule has 2 aromatic rings. The molecule has 4 rings (SSSR count). The minimum atomic E-state index is -4.64. The number of methoxy groups -OCH3 is 2. The maximum Gasteiger partial charge on any atom is 0.417 e. The predicted octanol–water partition coefficient (Wildman–Crippen LogP) is 4.09. The zero-order chi connectivity index (χ0) is 28.2. The number of ether oxygens (including phenoxy) is 4. The Morgan fingerprint density at radius 2 is 1.74 bits per heavy atom. The summed E-state index contributed by atoms with van der Waals surface area (Å²) in [5.41, 5.74) is -0.686. The number of nitrogens with zero attached hydrogens (tertiary/aromatic N) is 2. The maximum atomic E-state index is 13.9. The van der Waals surface area contributed by atoms with Crippen LogP contribution in [0, 0.1) is 0 Å². The molecule has 1 saturated heterocycles. The van der Waals surface area contributed by atoms with Gasteiger partial charge in [0.2, 0.25) is 5.91 Å². The maximum absolute atomic E-state index is 13.9. The number of alkyl halides is 3. The van der Waals surface area contributed by atoms with Gasteiger partial charge >= 0.3 is 18.2 Å². The molecule has 13 heteroatoms. The van der Waals surface area contributed by atoms with Crippen molar-refractivity contribution in [3.8, 4) is 11.5 Å². The Morgan fingerprint density at radius 1 is 1.00 bits per heavy atom. The minimum absolute atomic E-state index is 0.0116.